The van der Waals surface area contributed by atoms with E-state index in [9.17, 15) is 71.9 Å². The van der Waals surface area contributed by atoms with Crippen molar-refractivity contribution in [1.29, 1.82) is 0 Å². The molecule has 2 aromatic carbocycles. The maximum atomic E-state index is 12.8. The molecule has 0 unspecified atom stereocenters. The molecule has 4 aliphatic rings. The summed E-state index contributed by atoms with van der Waals surface area (Å²) in [6.45, 7) is 19.9. The van der Waals surface area contributed by atoms with Crippen LogP contribution in [0.15, 0.2) is 36.4 Å². The van der Waals surface area contributed by atoms with Gasteiger partial charge < -0.3 is 38.9 Å². The molecule has 2 amide bonds. The first-order valence-corrected chi connectivity index (χ1v) is 26.9. The fourth-order valence-electron chi connectivity index (χ4n) is 10.2. The average molecular weight is 1190 g/mol. The van der Waals surface area contributed by atoms with E-state index in [0.29, 0.717) is 91.1 Å². The summed E-state index contributed by atoms with van der Waals surface area (Å²) < 4.78 is 167. The van der Waals surface area contributed by atoms with Crippen LogP contribution in [0.5, 0.6) is 0 Å². The fourth-order valence-corrected chi connectivity index (χ4v) is 10.2. The Morgan fingerprint density at radius 1 is 0.537 bits per heavy atom. The minimum absolute atomic E-state index is 0.00671. The van der Waals surface area contributed by atoms with Crippen molar-refractivity contribution in [2.24, 2.45) is 0 Å². The lowest BCUT2D eigenvalue weighted by Gasteiger charge is -2.45. The number of halogens is 12. The molecule has 0 saturated carbocycles. The second kappa shape index (κ2) is 26.6. The van der Waals surface area contributed by atoms with Crippen molar-refractivity contribution < 1.29 is 91.2 Å². The van der Waals surface area contributed by atoms with E-state index >= 15 is 0 Å². The van der Waals surface area contributed by atoms with E-state index in [2.05, 4.69) is 52.2 Å². The van der Waals surface area contributed by atoms with Crippen LogP contribution in [0.25, 0.3) is 0 Å². The molecular weight excluding hydrogens is 1120 g/mol. The molecule has 0 radical (unpaired) electrons. The number of likely N-dealkylation sites (tertiary alicyclic amines) is 2. The number of esters is 1. The van der Waals surface area contributed by atoms with Gasteiger partial charge in [-0.1, -0.05) is 24.3 Å². The Balaban J connectivity index is 0.000000302. The van der Waals surface area contributed by atoms with E-state index in [1.165, 1.54) is 0 Å². The maximum absolute atomic E-state index is 12.8. The van der Waals surface area contributed by atoms with Crippen molar-refractivity contribution in [1.82, 2.24) is 29.4 Å². The van der Waals surface area contributed by atoms with Gasteiger partial charge in [0, 0.05) is 114 Å². The van der Waals surface area contributed by atoms with Crippen LogP contribution >= 0.6 is 0 Å². The van der Waals surface area contributed by atoms with Crippen molar-refractivity contribution in [3.05, 3.63) is 58.7 Å². The number of hydrogen-bond donors (Lipinski definition) is 1. The summed E-state index contributed by atoms with van der Waals surface area (Å²) in [5, 5.41) is 9.05. The maximum Gasteiger partial charge on any atom is 0.434 e. The van der Waals surface area contributed by atoms with E-state index in [0.717, 1.165) is 43.4 Å². The van der Waals surface area contributed by atoms with Crippen molar-refractivity contribution in [3.63, 3.8) is 0 Å². The van der Waals surface area contributed by atoms with Crippen molar-refractivity contribution >= 4 is 35.5 Å². The number of rotatable bonds is 14. The summed E-state index contributed by atoms with van der Waals surface area (Å²) in [5.41, 5.74) is 4.90. The number of carbonyl (C=O) groups is 4. The standard InChI is InChI=1S/C29H42F6N4O4.C25H34F6N4O4/c1-20-7-8-21(22(17-20)38-15-13-37(14-16-38)19-23(40)43-26(2,3)4)18-36(6)27(5)9-11-39(12-10-27)25(41)42-24(28(30,31)32)29(33,34)35;1-17-4-5-18(19(14-17)34-12-10-33(11-13-34)16-20(36)37)15-32(3)23(2)6-8-35(9-7-23)22(38)39-21(24(26,27)28)25(29,30)31/h7-8,17,24H,9-16,18-19H2,1-6H3;4-5,14,21H,6-13,15-16H2,1-3H3,(H,36,37). The molecule has 0 aliphatic carbocycles. The first-order valence-electron chi connectivity index (χ1n) is 26.9. The Morgan fingerprint density at radius 3 is 1.15 bits per heavy atom. The van der Waals surface area contributed by atoms with E-state index in [-0.39, 0.29) is 45.2 Å². The molecule has 464 valence electrons. The molecule has 0 aromatic heterocycles. The summed E-state index contributed by atoms with van der Waals surface area (Å²) >= 11 is 0. The molecule has 16 nitrogen and oxygen atoms in total. The van der Waals surface area contributed by atoms with Crippen molar-refractivity contribution in [2.45, 2.75) is 141 Å². The molecular formula is C54H76F12N8O8. The number of carbonyl (C=O) groups excluding carboxylic acids is 3. The van der Waals surface area contributed by atoms with Gasteiger partial charge in [-0.15, -0.1) is 0 Å². The third-order valence-electron chi connectivity index (χ3n) is 15.5. The highest BCUT2D eigenvalue weighted by Crippen LogP contribution is 2.40. The number of nitrogens with zero attached hydrogens (tertiary/aromatic N) is 8. The van der Waals surface area contributed by atoms with Crippen LogP contribution in [-0.4, -0.2) is 218 Å². The fraction of sp³-hybridized carbons (Fsp3) is 0.704. The van der Waals surface area contributed by atoms with Crippen molar-refractivity contribution in [3.8, 4) is 0 Å². The minimum Gasteiger partial charge on any atom is -0.480 e. The van der Waals surface area contributed by atoms with Gasteiger partial charge in [-0.05, 0) is 123 Å². The van der Waals surface area contributed by atoms with Gasteiger partial charge >= 0.3 is 48.8 Å². The lowest BCUT2D eigenvalue weighted by molar-refractivity contribution is -0.309. The van der Waals surface area contributed by atoms with E-state index in [1.54, 1.807) is 0 Å². The molecule has 0 bridgehead atoms. The number of ether oxygens (including phenoxy) is 3. The van der Waals surface area contributed by atoms with Crippen LogP contribution in [0.1, 0.15) is 82.6 Å². The van der Waals surface area contributed by atoms with Gasteiger partial charge in [-0.3, -0.25) is 29.2 Å². The van der Waals surface area contributed by atoms with Gasteiger partial charge in [0.25, 0.3) is 12.2 Å². The second-order valence-electron chi connectivity index (χ2n) is 23.1. The van der Waals surface area contributed by atoms with Gasteiger partial charge in [0.15, 0.2) is 0 Å². The topological polar surface area (TPSA) is 142 Å². The normalized spacial score (nSPS) is 18.9. The molecule has 4 fully saturated rings. The van der Waals surface area contributed by atoms with Crippen LogP contribution in [0.3, 0.4) is 0 Å². The molecule has 4 heterocycles. The number of piperazine rings is 2. The number of amides is 2. The first-order chi connectivity index (χ1) is 37.7. The highest BCUT2D eigenvalue weighted by molar-refractivity contribution is 5.72. The Bertz CT molecular complexity index is 2450. The SMILES string of the molecule is Cc1ccc(CN(C)C2(C)CCN(C(=O)OC(C(F)(F)F)C(F)(F)F)CC2)c(N2CCN(CC(=O)O)CC2)c1.Cc1ccc(CN(C)C2(C)CCN(C(=O)OC(C(F)(F)F)C(F)(F)F)CC2)c(N2CCN(CC(=O)OC(C)(C)C)CC2)c1. The zero-order valence-corrected chi connectivity index (χ0v) is 47.7. The molecule has 4 aliphatic heterocycles. The lowest BCUT2D eigenvalue weighted by Crippen LogP contribution is -2.54. The molecule has 1 N–H and O–H groups in total. The predicted molar refractivity (Wildman–Crippen MR) is 279 cm³/mol. The van der Waals surface area contributed by atoms with Gasteiger partial charge in [-0.25, -0.2) is 9.59 Å². The minimum atomic E-state index is -5.76. The number of alkyl halides is 12. The van der Waals surface area contributed by atoms with Crippen LogP contribution in [0.2, 0.25) is 0 Å². The molecule has 0 spiro atoms. The number of aryl methyl sites for hydroxylation is 2. The Morgan fingerprint density at radius 2 is 0.854 bits per heavy atom. The Kier molecular flexibility index (Phi) is 21.9. The van der Waals surface area contributed by atoms with Crippen LogP contribution < -0.4 is 9.80 Å². The van der Waals surface area contributed by atoms with Gasteiger partial charge in [0.05, 0.1) is 13.1 Å². The summed E-state index contributed by atoms with van der Waals surface area (Å²) in [4.78, 5) is 62.1. The number of piperidine rings is 2. The Hall–Kier alpha value is -5.48. The quantitative estimate of drug-likeness (QED) is 0.109. The number of anilines is 2. The monoisotopic (exact) mass is 1190 g/mol. The van der Waals surface area contributed by atoms with Gasteiger partial charge in [0.1, 0.15) is 5.60 Å². The molecule has 28 heteroatoms. The molecule has 82 heavy (non-hydrogen) atoms. The number of carboxylic acids is 1. The highest BCUT2D eigenvalue weighted by atomic mass is 19.4. The van der Waals surface area contributed by atoms with Gasteiger partial charge in [0.2, 0.25) is 0 Å². The summed E-state index contributed by atoms with van der Waals surface area (Å²) in [6.07, 6.45) is -33.3. The Labute approximate surface area is 470 Å². The van der Waals surface area contributed by atoms with Gasteiger partial charge in [-0.2, -0.15) is 52.7 Å². The van der Waals surface area contributed by atoms with E-state index in [1.807, 2.05) is 85.7 Å². The predicted octanol–water partition coefficient (Wildman–Crippen LogP) is 9.49. The second-order valence-corrected chi connectivity index (χ2v) is 23.1. The number of aliphatic carboxylic acids is 1. The summed E-state index contributed by atoms with van der Waals surface area (Å²) in [7, 11) is 3.81. The molecule has 2 aromatic rings. The third-order valence-corrected chi connectivity index (χ3v) is 15.5. The highest BCUT2D eigenvalue weighted by Gasteiger charge is 2.61. The summed E-state index contributed by atoms with van der Waals surface area (Å²) in [6, 6.07) is 12.3. The van der Waals surface area contributed by atoms with Crippen LogP contribution in [0, 0.1) is 13.8 Å². The van der Waals surface area contributed by atoms with Crippen LogP contribution in [0.4, 0.5) is 73.6 Å². The number of carboxylic acid groups (broad SMARTS) is 1. The zero-order valence-electron chi connectivity index (χ0n) is 47.7. The molecule has 4 saturated heterocycles. The zero-order chi connectivity index (χ0) is 61.6. The molecule has 6 rings (SSSR count). The molecule has 0 atom stereocenters. The smallest absolute Gasteiger partial charge is 0.434 e. The lowest BCUT2D eigenvalue weighted by atomic mass is 9.87. The third kappa shape index (κ3) is 19.0. The number of hydrogen-bond acceptors (Lipinski definition) is 13. The number of benzene rings is 2. The van der Waals surface area contributed by atoms with E-state index < -0.39 is 71.7 Å². The average Bonchev–Trinajstić information content (AvgIpc) is 3.57. The van der Waals surface area contributed by atoms with Crippen LogP contribution in [-0.2, 0) is 36.9 Å². The van der Waals surface area contributed by atoms with E-state index in [4.69, 9.17) is 9.84 Å². The van der Waals surface area contributed by atoms with Crippen molar-refractivity contribution in [2.75, 3.05) is 116 Å². The first kappa shape index (κ1) is 67.3. The largest absolute Gasteiger partial charge is 0.480 e. The summed E-state index contributed by atoms with van der Waals surface area (Å²) in [5.74, 6) is -1.12.